The van der Waals surface area contributed by atoms with Crippen molar-refractivity contribution < 1.29 is 14.2 Å². The lowest BCUT2D eigenvalue weighted by Gasteiger charge is -2.11. The zero-order chi connectivity index (χ0) is 11.8. The highest BCUT2D eigenvalue weighted by atomic mass is 19.1. The highest BCUT2D eigenvalue weighted by Crippen LogP contribution is 2.12. The largest absolute Gasteiger partial charge is 0.387 e. The van der Waals surface area contributed by atoms with Crippen molar-refractivity contribution in [2.45, 2.75) is 12.5 Å². The van der Waals surface area contributed by atoms with Gasteiger partial charge in [0.15, 0.2) is 0 Å². The van der Waals surface area contributed by atoms with Gasteiger partial charge in [-0.1, -0.05) is 12.1 Å². The van der Waals surface area contributed by atoms with Gasteiger partial charge in [0.05, 0.1) is 6.10 Å². The van der Waals surface area contributed by atoms with Gasteiger partial charge in [0.1, 0.15) is 5.82 Å². The SMILES string of the molecule is COCCCNCC(O)c1ccc(F)cc1. The third-order valence-electron chi connectivity index (χ3n) is 2.29. The van der Waals surface area contributed by atoms with Gasteiger partial charge in [-0.2, -0.15) is 0 Å². The van der Waals surface area contributed by atoms with E-state index in [1.54, 1.807) is 19.2 Å². The fourth-order valence-electron chi connectivity index (χ4n) is 1.38. The van der Waals surface area contributed by atoms with Crippen LogP contribution < -0.4 is 5.32 Å². The fourth-order valence-corrected chi connectivity index (χ4v) is 1.38. The molecule has 2 N–H and O–H groups in total. The molecule has 90 valence electrons. The molecule has 3 nitrogen and oxygen atoms in total. The summed E-state index contributed by atoms with van der Waals surface area (Å²) in [6.07, 6.45) is 0.315. The topological polar surface area (TPSA) is 41.5 Å². The van der Waals surface area contributed by atoms with Crippen LogP contribution in [-0.2, 0) is 4.74 Å². The summed E-state index contributed by atoms with van der Waals surface area (Å²) in [4.78, 5) is 0. The second kappa shape index (κ2) is 7.33. The van der Waals surface area contributed by atoms with Crippen molar-refractivity contribution in [3.63, 3.8) is 0 Å². The summed E-state index contributed by atoms with van der Waals surface area (Å²) in [5, 5.41) is 12.9. The van der Waals surface area contributed by atoms with Gasteiger partial charge in [0, 0.05) is 20.3 Å². The third kappa shape index (κ3) is 4.70. The first kappa shape index (κ1) is 13.1. The minimum atomic E-state index is -0.594. The average molecular weight is 227 g/mol. The molecule has 1 aromatic carbocycles. The van der Waals surface area contributed by atoms with Gasteiger partial charge in [-0.15, -0.1) is 0 Å². The summed E-state index contributed by atoms with van der Waals surface area (Å²) >= 11 is 0. The number of hydrogen-bond donors (Lipinski definition) is 2. The van der Waals surface area contributed by atoms with Crippen LogP contribution in [0.15, 0.2) is 24.3 Å². The molecule has 0 aliphatic carbocycles. The van der Waals surface area contributed by atoms with E-state index in [0.29, 0.717) is 13.2 Å². The smallest absolute Gasteiger partial charge is 0.123 e. The van der Waals surface area contributed by atoms with Crippen molar-refractivity contribution in [2.75, 3.05) is 26.8 Å². The van der Waals surface area contributed by atoms with Gasteiger partial charge in [-0.05, 0) is 30.7 Å². The van der Waals surface area contributed by atoms with Crippen LogP contribution in [0.5, 0.6) is 0 Å². The zero-order valence-corrected chi connectivity index (χ0v) is 9.45. The van der Waals surface area contributed by atoms with Crippen LogP contribution in [0.4, 0.5) is 4.39 Å². The molecule has 0 spiro atoms. The lowest BCUT2D eigenvalue weighted by Crippen LogP contribution is -2.23. The Morgan fingerprint density at radius 1 is 1.38 bits per heavy atom. The number of aliphatic hydroxyl groups excluding tert-OH is 1. The van der Waals surface area contributed by atoms with Gasteiger partial charge in [-0.25, -0.2) is 4.39 Å². The predicted molar refractivity (Wildman–Crippen MR) is 60.7 cm³/mol. The van der Waals surface area contributed by atoms with Gasteiger partial charge in [-0.3, -0.25) is 0 Å². The first-order valence-electron chi connectivity index (χ1n) is 5.37. The Hall–Kier alpha value is -0.970. The Morgan fingerprint density at radius 2 is 2.06 bits per heavy atom. The van der Waals surface area contributed by atoms with Gasteiger partial charge in [0.25, 0.3) is 0 Å². The summed E-state index contributed by atoms with van der Waals surface area (Å²) in [5.41, 5.74) is 0.723. The highest BCUT2D eigenvalue weighted by molar-refractivity contribution is 5.18. The molecular formula is C12H18FNO2. The molecule has 1 rings (SSSR count). The monoisotopic (exact) mass is 227 g/mol. The summed E-state index contributed by atoms with van der Waals surface area (Å²) in [7, 11) is 1.66. The molecule has 0 aliphatic heterocycles. The predicted octanol–water partition coefficient (Wildman–Crippen LogP) is 1.49. The summed E-state index contributed by atoms with van der Waals surface area (Å²) < 4.78 is 17.5. The molecule has 0 saturated heterocycles. The molecule has 0 aromatic heterocycles. The standard InChI is InChI=1S/C12H18FNO2/c1-16-8-2-7-14-9-12(15)10-3-5-11(13)6-4-10/h3-6,12,14-15H,2,7-9H2,1H3. The lowest BCUT2D eigenvalue weighted by molar-refractivity contribution is 0.168. The molecule has 1 unspecified atom stereocenters. The van der Waals surface area contributed by atoms with Crippen molar-refractivity contribution in [1.29, 1.82) is 0 Å². The number of halogens is 1. The van der Waals surface area contributed by atoms with Crippen molar-refractivity contribution in [2.24, 2.45) is 0 Å². The van der Waals surface area contributed by atoms with Crippen LogP contribution >= 0.6 is 0 Å². The van der Waals surface area contributed by atoms with Gasteiger partial charge < -0.3 is 15.2 Å². The number of hydrogen-bond acceptors (Lipinski definition) is 3. The van der Waals surface area contributed by atoms with Crippen molar-refractivity contribution in [1.82, 2.24) is 5.32 Å². The maximum absolute atomic E-state index is 12.6. The Morgan fingerprint density at radius 3 is 2.69 bits per heavy atom. The Kier molecular flexibility index (Phi) is 6.00. The van der Waals surface area contributed by atoms with E-state index in [1.165, 1.54) is 12.1 Å². The third-order valence-corrected chi connectivity index (χ3v) is 2.29. The quantitative estimate of drug-likeness (QED) is 0.693. The van der Waals surface area contributed by atoms with Crippen LogP contribution in [0.3, 0.4) is 0 Å². The molecule has 0 amide bonds. The first-order chi connectivity index (χ1) is 7.74. The van der Waals surface area contributed by atoms with E-state index in [2.05, 4.69) is 5.32 Å². The van der Waals surface area contributed by atoms with Crippen LogP contribution in [0.25, 0.3) is 0 Å². The number of aliphatic hydroxyl groups is 1. The number of ether oxygens (including phenoxy) is 1. The Bertz CT molecular complexity index is 290. The lowest BCUT2D eigenvalue weighted by atomic mass is 10.1. The zero-order valence-electron chi connectivity index (χ0n) is 9.45. The van der Waals surface area contributed by atoms with Gasteiger partial charge in [0.2, 0.25) is 0 Å². The average Bonchev–Trinajstić information content (AvgIpc) is 2.29. The number of rotatable bonds is 7. The fraction of sp³-hybridized carbons (Fsp3) is 0.500. The Balaban J connectivity index is 2.24. The van der Waals surface area contributed by atoms with Gasteiger partial charge >= 0.3 is 0 Å². The van der Waals surface area contributed by atoms with E-state index in [0.717, 1.165) is 18.5 Å². The highest BCUT2D eigenvalue weighted by Gasteiger charge is 2.06. The van der Waals surface area contributed by atoms with E-state index < -0.39 is 6.10 Å². The summed E-state index contributed by atoms with van der Waals surface area (Å²) in [5.74, 6) is -0.288. The molecule has 0 fully saturated rings. The minimum Gasteiger partial charge on any atom is -0.387 e. The second-order valence-electron chi connectivity index (χ2n) is 3.62. The van der Waals surface area contributed by atoms with E-state index in [1.807, 2.05) is 0 Å². The molecule has 1 atom stereocenters. The van der Waals surface area contributed by atoms with Crippen LogP contribution in [0.1, 0.15) is 18.1 Å². The van der Waals surface area contributed by atoms with Crippen molar-refractivity contribution in [3.8, 4) is 0 Å². The van der Waals surface area contributed by atoms with Crippen molar-refractivity contribution >= 4 is 0 Å². The Labute approximate surface area is 95.2 Å². The molecule has 0 bridgehead atoms. The first-order valence-corrected chi connectivity index (χ1v) is 5.37. The number of methoxy groups -OCH3 is 1. The molecular weight excluding hydrogens is 209 g/mol. The minimum absolute atomic E-state index is 0.288. The normalized spacial score (nSPS) is 12.7. The molecule has 0 aliphatic rings. The molecule has 0 heterocycles. The van der Waals surface area contributed by atoms with E-state index >= 15 is 0 Å². The van der Waals surface area contributed by atoms with Crippen LogP contribution in [-0.4, -0.2) is 31.9 Å². The number of nitrogens with one attached hydrogen (secondary N) is 1. The maximum atomic E-state index is 12.6. The van der Waals surface area contributed by atoms with E-state index in [-0.39, 0.29) is 5.82 Å². The van der Waals surface area contributed by atoms with Crippen LogP contribution in [0.2, 0.25) is 0 Å². The molecule has 4 heteroatoms. The van der Waals surface area contributed by atoms with E-state index in [9.17, 15) is 9.50 Å². The molecule has 16 heavy (non-hydrogen) atoms. The molecule has 0 saturated carbocycles. The maximum Gasteiger partial charge on any atom is 0.123 e. The molecule has 0 radical (unpaired) electrons. The summed E-state index contributed by atoms with van der Waals surface area (Å²) in [6.45, 7) is 1.97. The van der Waals surface area contributed by atoms with E-state index in [4.69, 9.17) is 4.74 Å². The van der Waals surface area contributed by atoms with Crippen molar-refractivity contribution in [3.05, 3.63) is 35.6 Å². The second-order valence-corrected chi connectivity index (χ2v) is 3.62. The summed E-state index contributed by atoms with van der Waals surface area (Å²) in [6, 6.07) is 5.89. The van der Waals surface area contributed by atoms with Crippen LogP contribution in [0, 0.1) is 5.82 Å². The number of benzene rings is 1. The molecule has 1 aromatic rings.